The van der Waals surface area contributed by atoms with Crippen molar-refractivity contribution in [1.82, 2.24) is 20.4 Å². The third kappa shape index (κ3) is 3.67. The Morgan fingerprint density at radius 3 is 2.96 bits per heavy atom. The summed E-state index contributed by atoms with van der Waals surface area (Å²) in [5, 5.41) is 6.75. The first-order valence-electron chi connectivity index (χ1n) is 8.18. The van der Waals surface area contributed by atoms with E-state index in [1.807, 2.05) is 38.1 Å². The van der Waals surface area contributed by atoms with E-state index in [2.05, 4.69) is 15.5 Å². The van der Waals surface area contributed by atoms with Crippen molar-refractivity contribution in [1.29, 1.82) is 0 Å². The molecule has 0 bridgehead atoms. The highest BCUT2D eigenvalue weighted by molar-refractivity contribution is 5.75. The highest BCUT2D eigenvalue weighted by Crippen LogP contribution is 2.24. The van der Waals surface area contributed by atoms with E-state index >= 15 is 0 Å². The van der Waals surface area contributed by atoms with E-state index in [4.69, 9.17) is 9.26 Å². The van der Waals surface area contributed by atoms with Crippen molar-refractivity contribution >= 4 is 6.03 Å². The van der Waals surface area contributed by atoms with Gasteiger partial charge in [-0.1, -0.05) is 18.1 Å². The van der Waals surface area contributed by atoms with Crippen LogP contribution in [-0.2, 0) is 0 Å². The molecule has 1 aliphatic heterocycles. The summed E-state index contributed by atoms with van der Waals surface area (Å²) in [5.74, 6) is 1.80. The molecular formula is C17H22N4O3. The van der Waals surface area contributed by atoms with Crippen LogP contribution in [0.5, 0.6) is 5.75 Å². The molecule has 0 spiro atoms. The third-order valence-electron chi connectivity index (χ3n) is 4.03. The molecule has 7 nitrogen and oxygen atoms in total. The van der Waals surface area contributed by atoms with Crippen LogP contribution in [0.1, 0.15) is 26.1 Å². The average Bonchev–Trinajstić information content (AvgIpc) is 2.97. The number of aryl methyl sites for hydroxylation is 1. The van der Waals surface area contributed by atoms with E-state index in [9.17, 15) is 4.79 Å². The number of ether oxygens (including phenoxy) is 1. The zero-order valence-electron chi connectivity index (χ0n) is 14.2. The summed E-state index contributed by atoms with van der Waals surface area (Å²) in [6.07, 6.45) is 0.925. The predicted molar refractivity (Wildman–Crippen MR) is 88.7 cm³/mol. The molecule has 128 valence electrons. The number of nitrogens with zero attached hydrogens (tertiary/aromatic N) is 3. The normalized spacial score (nSPS) is 15.7. The van der Waals surface area contributed by atoms with Gasteiger partial charge in [-0.25, -0.2) is 4.79 Å². The van der Waals surface area contributed by atoms with Crippen LogP contribution in [0.4, 0.5) is 4.79 Å². The third-order valence-corrected chi connectivity index (χ3v) is 4.03. The van der Waals surface area contributed by atoms with Crippen molar-refractivity contribution < 1.29 is 14.1 Å². The van der Waals surface area contributed by atoms with Gasteiger partial charge in [-0.3, -0.25) is 0 Å². The second kappa shape index (κ2) is 6.90. The van der Waals surface area contributed by atoms with Gasteiger partial charge in [0.05, 0.1) is 13.1 Å². The first-order chi connectivity index (χ1) is 11.5. The monoisotopic (exact) mass is 330 g/mol. The lowest BCUT2D eigenvalue weighted by atomic mass is 10.1. The van der Waals surface area contributed by atoms with Gasteiger partial charge < -0.3 is 19.5 Å². The quantitative estimate of drug-likeness (QED) is 0.911. The number of aromatic nitrogens is 2. The molecule has 1 aliphatic rings. The molecule has 1 saturated heterocycles. The number of likely N-dealkylation sites (tertiary alicyclic amines) is 1. The van der Waals surface area contributed by atoms with Gasteiger partial charge in [0.2, 0.25) is 0 Å². The summed E-state index contributed by atoms with van der Waals surface area (Å²) in [6.45, 7) is 7.00. The van der Waals surface area contributed by atoms with Crippen LogP contribution in [0.3, 0.4) is 0 Å². The Labute approximate surface area is 141 Å². The molecule has 1 unspecified atom stereocenters. The van der Waals surface area contributed by atoms with E-state index < -0.39 is 0 Å². The Bertz CT molecular complexity index is 709. The molecule has 1 N–H and O–H groups in total. The molecule has 0 saturated carbocycles. The van der Waals surface area contributed by atoms with E-state index in [-0.39, 0.29) is 18.2 Å². The molecule has 2 aromatic rings. The molecule has 1 aromatic heterocycles. The first kappa shape index (κ1) is 16.3. The number of hydrogen-bond donors (Lipinski definition) is 1. The van der Waals surface area contributed by atoms with Gasteiger partial charge in [0.15, 0.2) is 5.82 Å². The van der Waals surface area contributed by atoms with Crippen LogP contribution >= 0.6 is 0 Å². The SMILES string of the molecule is CCC(C)NC(=O)N1CC(Oc2cccc(-c3nc(C)no3)c2)C1. The number of amides is 2. The zero-order chi connectivity index (χ0) is 17.1. The number of rotatable bonds is 5. The van der Waals surface area contributed by atoms with Crippen LogP contribution < -0.4 is 10.1 Å². The van der Waals surface area contributed by atoms with E-state index in [1.165, 1.54) is 0 Å². The van der Waals surface area contributed by atoms with Crippen LogP contribution in [0.2, 0.25) is 0 Å². The number of hydrogen-bond acceptors (Lipinski definition) is 5. The lowest BCUT2D eigenvalue weighted by Crippen LogP contribution is -2.59. The van der Waals surface area contributed by atoms with Gasteiger partial charge in [0, 0.05) is 11.6 Å². The summed E-state index contributed by atoms with van der Waals surface area (Å²) in [5.41, 5.74) is 0.818. The second-order valence-electron chi connectivity index (χ2n) is 6.08. The Morgan fingerprint density at radius 2 is 2.29 bits per heavy atom. The van der Waals surface area contributed by atoms with E-state index in [1.54, 1.807) is 11.8 Å². The maximum atomic E-state index is 12.0. The minimum Gasteiger partial charge on any atom is -0.487 e. The number of nitrogens with one attached hydrogen (secondary N) is 1. The van der Waals surface area contributed by atoms with Crippen molar-refractivity contribution in [3.8, 4) is 17.2 Å². The summed E-state index contributed by atoms with van der Waals surface area (Å²) in [7, 11) is 0. The Balaban J connectivity index is 1.54. The standard InChI is InChI=1S/C17H22N4O3/c1-4-11(2)18-17(22)21-9-15(10-21)23-14-7-5-6-13(8-14)16-19-12(3)20-24-16/h5-8,11,15H,4,9-10H2,1-3H3,(H,18,22). The largest absolute Gasteiger partial charge is 0.487 e. The molecule has 2 heterocycles. The number of urea groups is 1. The summed E-state index contributed by atoms with van der Waals surface area (Å²) >= 11 is 0. The average molecular weight is 330 g/mol. The molecule has 3 rings (SSSR count). The number of benzene rings is 1. The highest BCUT2D eigenvalue weighted by Gasteiger charge is 2.32. The van der Waals surface area contributed by atoms with Crippen molar-refractivity contribution in [2.45, 2.75) is 39.3 Å². The second-order valence-corrected chi connectivity index (χ2v) is 6.08. The smallest absolute Gasteiger partial charge is 0.317 e. The molecule has 0 aliphatic carbocycles. The molecule has 7 heteroatoms. The summed E-state index contributed by atoms with van der Waals surface area (Å²) < 4.78 is 11.1. The molecule has 1 atom stereocenters. The molecule has 1 fully saturated rings. The van der Waals surface area contributed by atoms with Crippen LogP contribution in [-0.4, -0.2) is 46.3 Å². The zero-order valence-corrected chi connectivity index (χ0v) is 14.2. The first-order valence-corrected chi connectivity index (χ1v) is 8.18. The summed E-state index contributed by atoms with van der Waals surface area (Å²) in [4.78, 5) is 17.9. The lowest BCUT2D eigenvalue weighted by molar-refractivity contribution is 0.0436. The molecule has 24 heavy (non-hydrogen) atoms. The maximum Gasteiger partial charge on any atom is 0.317 e. The van der Waals surface area contributed by atoms with Crippen molar-refractivity contribution in [3.05, 3.63) is 30.1 Å². The molecule has 0 radical (unpaired) electrons. The number of carbonyl (C=O) groups is 1. The van der Waals surface area contributed by atoms with Gasteiger partial charge in [0.1, 0.15) is 11.9 Å². The fraction of sp³-hybridized carbons (Fsp3) is 0.471. The molecule has 2 amide bonds. The van der Waals surface area contributed by atoms with Gasteiger partial charge in [-0.2, -0.15) is 4.98 Å². The molecular weight excluding hydrogens is 308 g/mol. The van der Waals surface area contributed by atoms with E-state index in [0.29, 0.717) is 24.8 Å². The van der Waals surface area contributed by atoms with Gasteiger partial charge in [0.25, 0.3) is 5.89 Å². The van der Waals surface area contributed by atoms with Crippen molar-refractivity contribution in [2.75, 3.05) is 13.1 Å². The minimum atomic E-state index is -0.0284. The van der Waals surface area contributed by atoms with Crippen molar-refractivity contribution in [3.63, 3.8) is 0 Å². The van der Waals surface area contributed by atoms with Crippen LogP contribution in [0.15, 0.2) is 28.8 Å². The van der Waals surface area contributed by atoms with Gasteiger partial charge >= 0.3 is 6.03 Å². The van der Waals surface area contributed by atoms with Gasteiger partial charge in [-0.15, -0.1) is 0 Å². The summed E-state index contributed by atoms with van der Waals surface area (Å²) in [6, 6.07) is 7.69. The Hall–Kier alpha value is -2.57. The van der Waals surface area contributed by atoms with Crippen LogP contribution in [0, 0.1) is 6.92 Å². The predicted octanol–water partition coefficient (Wildman–Crippen LogP) is 2.62. The topological polar surface area (TPSA) is 80.5 Å². The minimum absolute atomic E-state index is 0.00681. The van der Waals surface area contributed by atoms with Gasteiger partial charge in [-0.05, 0) is 38.5 Å². The highest BCUT2D eigenvalue weighted by atomic mass is 16.5. The fourth-order valence-corrected chi connectivity index (χ4v) is 2.39. The van der Waals surface area contributed by atoms with E-state index in [0.717, 1.165) is 17.7 Å². The Kier molecular flexibility index (Phi) is 4.69. The molecule has 1 aromatic carbocycles. The Morgan fingerprint density at radius 1 is 1.50 bits per heavy atom. The number of carbonyl (C=O) groups excluding carboxylic acids is 1. The van der Waals surface area contributed by atoms with Crippen molar-refractivity contribution in [2.24, 2.45) is 0 Å². The fourth-order valence-electron chi connectivity index (χ4n) is 2.39. The van der Waals surface area contributed by atoms with Crippen LogP contribution in [0.25, 0.3) is 11.5 Å². The maximum absolute atomic E-state index is 12.0. The lowest BCUT2D eigenvalue weighted by Gasteiger charge is -2.39.